The van der Waals surface area contributed by atoms with Gasteiger partial charge in [0.15, 0.2) is 0 Å². The molecule has 4 heterocycles. The molecule has 0 saturated carbocycles. The summed E-state index contributed by atoms with van der Waals surface area (Å²) in [6.07, 6.45) is 5.98. The van der Waals surface area contributed by atoms with E-state index < -0.39 is 0 Å². The normalized spacial score (nSPS) is 21.2. The molecule has 0 unspecified atom stereocenters. The zero-order valence-electron chi connectivity index (χ0n) is 13.8. The SMILES string of the molecule is c1cncc(-c2nnc(CN3CCC(N4CCSCC4)CC3)o2)c1. The van der Waals surface area contributed by atoms with E-state index in [0.717, 1.165) is 31.2 Å². The molecule has 2 aliphatic rings. The lowest BCUT2D eigenvalue weighted by molar-refractivity contribution is 0.107. The summed E-state index contributed by atoms with van der Waals surface area (Å²) in [5.74, 6) is 3.83. The Hall–Kier alpha value is -1.44. The molecule has 0 aromatic carbocycles. The first kappa shape index (κ1) is 16.1. The van der Waals surface area contributed by atoms with Crippen LogP contribution in [-0.2, 0) is 6.54 Å². The van der Waals surface area contributed by atoms with Gasteiger partial charge < -0.3 is 4.42 Å². The topological polar surface area (TPSA) is 58.3 Å². The summed E-state index contributed by atoms with van der Waals surface area (Å²) >= 11 is 2.08. The van der Waals surface area contributed by atoms with Crippen LogP contribution in [0, 0.1) is 0 Å². The van der Waals surface area contributed by atoms with Gasteiger partial charge in [-0.1, -0.05) is 0 Å². The molecule has 0 atom stereocenters. The number of likely N-dealkylation sites (tertiary alicyclic amines) is 1. The minimum absolute atomic E-state index is 0.554. The number of hydrogen-bond acceptors (Lipinski definition) is 7. The van der Waals surface area contributed by atoms with E-state index in [1.165, 1.54) is 37.4 Å². The van der Waals surface area contributed by atoms with E-state index in [4.69, 9.17) is 4.42 Å². The highest BCUT2D eigenvalue weighted by Crippen LogP contribution is 2.22. The Morgan fingerprint density at radius 3 is 2.71 bits per heavy atom. The number of aromatic nitrogens is 3. The van der Waals surface area contributed by atoms with Gasteiger partial charge in [-0.2, -0.15) is 11.8 Å². The molecule has 0 spiro atoms. The summed E-state index contributed by atoms with van der Waals surface area (Å²) in [7, 11) is 0. The average molecular weight is 345 g/mol. The Morgan fingerprint density at radius 2 is 1.96 bits per heavy atom. The van der Waals surface area contributed by atoms with Crippen LogP contribution in [-0.4, -0.2) is 68.7 Å². The lowest BCUT2D eigenvalue weighted by Gasteiger charge is -2.39. The number of hydrogen-bond donors (Lipinski definition) is 0. The molecule has 2 aromatic rings. The van der Waals surface area contributed by atoms with Gasteiger partial charge in [-0.25, -0.2) is 0 Å². The molecule has 0 radical (unpaired) electrons. The third-order valence-electron chi connectivity index (χ3n) is 4.85. The van der Waals surface area contributed by atoms with E-state index in [1.807, 2.05) is 12.1 Å². The van der Waals surface area contributed by atoms with Crippen molar-refractivity contribution in [3.8, 4) is 11.5 Å². The second kappa shape index (κ2) is 7.63. The van der Waals surface area contributed by atoms with Crippen LogP contribution in [0.15, 0.2) is 28.9 Å². The molecule has 2 fully saturated rings. The molecule has 0 bridgehead atoms. The van der Waals surface area contributed by atoms with Gasteiger partial charge in [-0.05, 0) is 25.0 Å². The fourth-order valence-corrected chi connectivity index (χ4v) is 4.43. The van der Waals surface area contributed by atoms with Crippen LogP contribution < -0.4 is 0 Å². The first-order chi connectivity index (χ1) is 11.9. The summed E-state index contributed by atoms with van der Waals surface area (Å²) in [6.45, 7) is 5.48. The molecule has 0 N–H and O–H groups in total. The van der Waals surface area contributed by atoms with Crippen molar-refractivity contribution in [1.29, 1.82) is 0 Å². The standard InChI is InChI=1S/C17H23N5OS/c1-2-14(12-18-5-1)17-20-19-16(23-17)13-21-6-3-15(4-7-21)22-8-10-24-11-9-22/h1-2,5,12,15H,3-4,6-11,13H2. The summed E-state index contributed by atoms with van der Waals surface area (Å²) < 4.78 is 5.80. The van der Waals surface area contributed by atoms with Crippen LogP contribution in [0.1, 0.15) is 18.7 Å². The third kappa shape index (κ3) is 3.79. The monoisotopic (exact) mass is 345 g/mol. The van der Waals surface area contributed by atoms with Gasteiger partial charge in [0, 0.05) is 56.1 Å². The van der Waals surface area contributed by atoms with Crippen LogP contribution in [0.25, 0.3) is 11.5 Å². The molecule has 6 nitrogen and oxygen atoms in total. The maximum atomic E-state index is 5.80. The molecule has 4 rings (SSSR count). The summed E-state index contributed by atoms with van der Waals surface area (Å²) in [6, 6.07) is 4.58. The summed E-state index contributed by atoms with van der Waals surface area (Å²) in [4.78, 5) is 9.20. The van der Waals surface area contributed by atoms with Gasteiger partial charge >= 0.3 is 0 Å². The fourth-order valence-electron chi connectivity index (χ4n) is 3.50. The van der Waals surface area contributed by atoms with Gasteiger partial charge in [0.2, 0.25) is 11.8 Å². The van der Waals surface area contributed by atoms with Crippen molar-refractivity contribution in [2.45, 2.75) is 25.4 Å². The number of thioether (sulfide) groups is 1. The third-order valence-corrected chi connectivity index (χ3v) is 5.80. The number of piperidine rings is 1. The second-order valence-corrected chi connectivity index (χ2v) is 7.62. The zero-order valence-corrected chi connectivity index (χ0v) is 14.6. The maximum Gasteiger partial charge on any atom is 0.249 e. The van der Waals surface area contributed by atoms with E-state index in [-0.39, 0.29) is 0 Å². The quantitative estimate of drug-likeness (QED) is 0.841. The van der Waals surface area contributed by atoms with Gasteiger partial charge in [0.25, 0.3) is 0 Å². The van der Waals surface area contributed by atoms with Crippen molar-refractivity contribution in [3.63, 3.8) is 0 Å². The van der Waals surface area contributed by atoms with Crippen molar-refractivity contribution in [1.82, 2.24) is 25.0 Å². The summed E-state index contributed by atoms with van der Waals surface area (Å²) in [5.41, 5.74) is 0.873. The molecular weight excluding hydrogens is 322 g/mol. The minimum atomic E-state index is 0.554. The molecule has 24 heavy (non-hydrogen) atoms. The molecule has 2 aliphatic heterocycles. The first-order valence-electron chi connectivity index (χ1n) is 8.65. The lowest BCUT2D eigenvalue weighted by atomic mass is 10.0. The minimum Gasteiger partial charge on any atom is -0.419 e. The van der Waals surface area contributed by atoms with Gasteiger partial charge in [-0.3, -0.25) is 14.8 Å². The smallest absolute Gasteiger partial charge is 0.249 e. The molecule has 0 aliphatic carbocycles. The maximum absolute atomic E-state index is 5.80. The molecule has 0 amide bonds. The number of nitrogens with zero attached hydrogens (tertiary/aromatic N) is 5. The molecule has 7 heteroatoms. The van der Waals surface area contributed by atoms with Gasteiger partial charge in [-0.15, -0.1) is 10.2 Å². The predicted molar refractivity (Wildman–Crippen MR) is 94.7 cm³/mol. The van der Waals surface area contributed by atoms with Crippen molar-refractivity contribution in [3.05, 3.63) is 30.4 Å². The van der Waals surface area contributed by atoms with Crippen molar-refractivity contribution in [2.24, 2.45) is 0 Å². The Morgan fingerprint density at radius 1 is 1.12 bits per heavy atom. The molecule has 128 valence electrons. The fraction of sp³-hybridized carbons (Fsp3) is 0.588. The van der Waals surface area contributed by atoms with Crippen LogP contribution in [0.5, 0.6) is 0 Å². The Labute approximate surface area is 146 Å². The van der Waals surface area contributed by atoms with E-state index >= 15 is 0 Å². The van der Waals surface area contributed by atoms with Crippen molar-refractivity contribution >= 4 is 11.8 Å². The number of pyridine rings is 1. The largest absolute Gasteiger partial charge is 0.419 e. The highest BCUT2D eigenvalue weighted by Gasteiger charge is 2.26. The van der Waals surface area contributed by atoms with Crippen LogP contribution in [0.4, 0.5) is 0 Å². The van der Waals surface area contributed by atoms with E-state index in [2.05, 4.69) is 36.7 Å². The zero-order chi connectivity index (χ0) is 16.2. The van der Waals surface area contributed by atoms with Crippen LogP contribution >= 0.6 is 11.8 Å². The Bertz CT molecular complexity index is 635. The molecule has 2 saturated heterocycles. The molecular formula is C17H23N5OS. The highest BCUT2D eigenvalue weighted by molar-refractivity contribution is 7.99. The molecule has 2 aromatic heterocycles. The van der Waals surface area contributed by atoms with E-state index in [1.54, 1.807) is 12.4 Å². The highest BCUT2D eigenvalue weighted by atomic mass is 32.2. The Kier molecular flexibility index (Phi) is 5.10. The van der Waals surface area contributed by atoms with Crippen LogP contribution in [0.3, 0.4) is 0 Å². The van der Waals surface area contributed by atoms with Crippen LogP contribution in [0.2, 0.25) is 0 Å². The summed E-state index contributed by atoms with van der Waals surface area (Å²) in [5, 5.41) is 8.34. The van der Waals surface area contributed by atoms with Crippen molar-refractivity contribution < 1.29 is 4.42 Å². The van der Waals surface area contributed by atoms with Gasteiger partial charge in [0.1, 0.15) is 0 Å². The lowest BCUT2D eigenvalue weighted by Crippen LogP contribution is -2.47. The predicted octanol–water partition coefficient (Wildman–Crippen LogP) is 2.14. The van der Waals surface area contributed by atoms with E-state index in [0.29, 0.717) is 11.8 Å². The van der Waals surface area contributed by atoms with Crippen molar-refractivity contribution in [2.75, 3.05) is 37.7 Å². The first-order valence-corrected chi connectivity index (χ1v) is 9.81. The second-order valence-electron chi connectivity index (χ2n) is 6.40. The average Bonchev–Trinajstić information content (AvgIpc) is 3.12. The number of rotatable bonds is 4. The van der Waals surface area contributed by atoms with Gasteiger partial charge in [0.05, 0.1) is 12.1 Å². The van der Waals surface area contributed by atoms with E-state index in [9.17, 15) is 0 Å². The Balaban J connectivity index is 1.30.